The van der Waals surface area contributed by atoms with E-state index in [1.165, 1.54) is 0 Å². The quantitative estimate of drug-likeness (QED) is 0.469. The van der Waals surface area contributed by atoms with Crippen molar-refractivity contribution >= 4 is 11.8 Å². The second kappa shape index (κ2) is 10.8. The number of hydrazine groups is 1. The predicted octanol–water partition coefficient (Wildman–Crippen LogP) is 2.64. The average Bonchev–Trinajstić information content (AvgIpc) is 2.43. The van der Waals surface area contributed by atoms with Gasteiger partial charge in [-0.2, -0.15) is 0 Å². The van der Waals surface area contributed by atoms with Crippen LogP contribution in [0, 0.1) is 16.7 Å². The van der Waals surface area contributed by atoms with Gasteiger partial charge in [-0.15, -0.1) is 0 Å². The zero-order chi connectivity index (χ0) is 19.7. The lowest BCUT2D eigenvalue weighted by Crippen LogP contribution is -2.42. The Kier molecular flexibility index (Phi) is 10.3. The van der Waals surface area contributed by atoms with Gasteiger partial charge in [0, 0.05) is 25.6 Å². The van der Waals surface area contributed by atoms with Crippen molar-refractivity contribution in [2.45, 2.75) is 73.8 Å². The van der Waals surface area contributed by atoms with Crippen LogP contribution in [-0.2, 0) is 14.3 Å². The smallest absolute Gasteiger partial charge is 0.236 e. The van der Waals surface area contributed by atoms with Gasteiger partial charge in [0.1, 0.15) is 0 Å². The first-order valence-corrected chi connectivity index (χ1v) is 9.25. The van der Waals surface area contributed by atoms with E-state index < -0.39 is 5.41 Å². The van der Waals surface area contributed by atoms with E-state index in [4.69, 9.17) is 4.74 Å². The number of hydrogen-bond donors (Lipinski definition) is 3. The van der Waals surface area contributed by atoms with E-state index in [1.807, 2.05) is 20.8 Å². The van der Waals surface area contributed by atoms with Crippen LogP contribution in [0.15, 0.2) is 0 Å². The summed E-state index contributed by atoms with van der Waals surface area (Å²) in [6, 6.07) is 0. The average molecular weight is 358 g/mol. The van der Waals surface area contributed by atoms with Gasteiger partial charge in [0.2, 0.25) is 11.8 Å². The Morgan fingerprint density at radius 3 is 2.20 bits per heavy atom. The van der Waals surface area contributed by atoms with Crippen LogP contribution in [0.1, 0.15) is 67.7 Å². The SMILES string of the molecule is CNNC(=O)CC(C)OCCC(C)(C)C(=O)NCC(C)(C)CC(C)C. The number of rotatable bonds is 12. The number of amides is 2. The fourth-order valence-electron chi connectivity index (χ4n) is 2.88. The second-order valence-electron chi connectivity index (χ2n) is 8.76. The van der Waals surface area contributed by atoms with Gasteiger partial charge in [-0.05, 0) is 31.1 Å². The molecule has 0 fully saturated rings. The summed E-state index contributed by atoms with van der Waals surface area (Å²) >= 11 is 0. The lowest BCUT2D eigenvalue weighted by molar-refractivity contribution is -0.132. The molecule has 0 aromatic rings. The Balaban J connectivity index is 4.25. The Hall–Kier alpha value is -1.14. The molecule has 0 radical (unpaired) electrons. The zero-order valence-electron chi connectivity index (χ0n) is 17.4. The topological polar surface area (TPSA) is 79.5 Å². The van der Waals surface area contributed by atoms with Crippen LogP contribution in [0.5, 0.6) is 0 Å². The molecule has 0 saturated carbocycles. The molecular weight excluding hydrogens is 318 g/mol. The van der Waals surface area contributed by atoms with Crippen LogP contribution in [0.4, 0.5) is 0 Å². The maximum Gasteiger partial charge on any atom is 0.236 e. The Morgan fingerprint density at radius 1 is 1.08 bits per heavy atom. The van der Waals surface area contributed by atoms with Gasteiger partial charge in [-0.3, -0.25) is 15.0 Å². The second-order valence-corrected chi connectivity index (χ2v) is 8.76. The van der Waals surface area contributed by atoms with Crippen molar-refractivity contribution in [1.82, 2.24) is 16.2 Å². The molecule has 0 aliphatic rings. The largest absolute Gasteiger partial charge is 0.378 e. The van der Waals surface area contributed by atoms with Crippen molar-refractivity contribution in [2.24, 2.45) is 16.7 Å². The van der Waals surface area contributed by atoms with E-state index in [1.54, 1.807) is 7.05 Å². The van der Waals surface area contributed by atoms with Crippen molar-refractivity contribution in [3.05, 3.63) is 0 Å². The lowest BCUT2D eigenvalue weighted by Gasteiger charge is -2.30. The molecule has 3 N–H and O–H groups in total. The van der Waals surface area contributed by atoms with Gasteiger partial charge in [0.25, 0.3) is 0 Å². The van der Waals surface area contributed by atoms with Gasteiger partial charge in [0.15, 0.2) is 0 Å². The maximum absolute atomic E-state index is 12.5. The molecule has 1 atom stereocenters. The molecule has 0 aliphatic heterocycles. The highest BCUT2D eigenvalue weighted by Crippen LogP contribution is 2.26. The summed E-state index contributed by atoms with van der Waals surface area (Å²) in [6.07, 6.45) is 1.79. The molecule has 0 aliphatic carbocycles. The summed E-state index contributed by atoms with van der Waals surface area (Å²) in [7, 11) is 1.65. The summed E-state index contributed by atoms with van der Waals surface area (Å²) in [4.78, 5) is 24.0. The summed E-state index contributed by atoms with van der Waals surface area (Å²) < 4.78 is 5.67. The third-order valence-corrected chi connectivity index (χ3v) is 4.17. The van der Waals surface area contributed by atoms with Gasteiger partial charge in [-0.1, -0.05) is 41.5 Å². The van der Waals surface area contributed by atoms with Crippen molar-refractivity contribution in [3.8, 4) is 0 Å². The van der Waals surface area contributed by atoms with Crippen LogP contribution in [-0.4, -0.2) is 38.1 Å². The monoisotopic (exact) mass is 357 g/mol. The number of nitrogens with one attached hydrogen (secondary N) is 3. The molecule has 148 valence electrons. The minimum absolute atomic E-state index is 0.0495. The van der Waals surface area contributed by atoms with E-state index in [0.717, 1.165) is 6.42 Å². The molecule has 0 heterocycles. The van der Waals surface area contributed by atoms with Crippen molar-refractivity contribution in [1.29, 1.82) is 0 Å². The summed E-state index contributed by atoms with van der Waals surface area (Å²) in [5, 5.41) is 3.09. The molecule has 0 aromatic heterocycles. The Bertz CT molecular complexity index is 420. The maximum atomic E-state index is 12.5. The molecule has 6 nitrogen and oxygen atoms in total. The highest BCUT2D eigenvalue weighted by atomic mass is 16.5. The fourth-order valence-corrected chi connectivity index (χ4v) is 2.88. The highest BCUT2D eigenvalue weighted by Gasteiger charge is 2.29. The van der Waals surface area contributed by atoms with Crippen LogP contribution in [0.25, 0.3) is 0 Å². The number of hydrogen-bond acceptors (Lipinski definition) is 4. The standard InChI is InChI=1S/C19H39N3O3/c1-14(2)12-18(4,5)13-21-17(24)19(6,7)9-10-25-15(3)11-16(23)22-20-8/h14-15,20H,9-13H2,1-8H3,(H,21,24)(H,22,23). The lowest BCUT2D eigenvalue weighted by atomic mass is 9.83. The van der Waals surface area contributed by atoms with E-state index >= 15 is 0 Å². The van der Waals surface area contributed by atoms with Gasteiger partial charge < -0.3 is 10.1 Å². The third-order valence-electron chi connectivity index (χ3n) is 4.17. The molecular formula is C19H39N3O3. The summed E-state index contributed by atoms with van der Waals surface area (Å²) in [5.74, 6) is 0.544. The Morgan fingerprint density at radius 2 is 1.68 bits per heavy atom. The van der Waals surface area contributed by atoms with Crippen molar-refractivity contribution in [3.63, 3.8) is 0 Å². The predicted molar refractivity (Wildman–Crippen MR) is 102 cm³/mol. The molecule has 1 unspecified atom stereocenters. The van der Waals surface area contributed by atoms with E-state index in [0.29, 0.717) is 25.5 Å². The number of carbonyl (C=O) groups is 2. The number of ether oxygens (including phenoxy) is 1. The first-order chi connectivity index (χ1) is 11.4. The van der Waals surface area contributed by atoms with E-state index in [-0.39, 0.29) is 29.8 Å². The van der Waals surface area contributed by atoms with Crippen LogP contribution in [0.2, 0.25) is 0 Å². The minimum Gasteiger partial charge on any atom is -0.378 e. The first kappa shape index (κ1) is 23.9. The third kappa shape index (κ3) is 11.2. The zero-order valence-corrected chi connectivity index (χ0v) is 17.4. The van der Waals surface area contributed by atoms with Crippen LogP contribution >= 0.6 is 0 Å². The summed E-state index contributed by atoms with van der Waals surface area (Å²) in [6.45, 7) is 15.6. The highest BCUT2D eigenvalue weighted by molar-refractivity contribution is 5.81. The fraction of sp³-hybridized carbons (Fsp3) is 0.895. The van der Waals surface area contributed by atoms with Gasteiger partial charge in [0.05, 0.1) is 12.5 Å². The van der Waals surface area contributed by atoms with Crippen LogP contribution < -0.4 is 16.2 Å². The van der Waals surface area contributed by atoms with Crippen molar-refractivity contribution < 1.29 is 14.3 Å². The van der Waals surface area contributed by atoms with E-state index in [2.05, 4.69) is 43.9 Å². The molecule has 2 amide bonds. The van der Waals surface area contributed by atoms with Crippen LogP contribution in [0.3, 0.4) is 0 Å². The molecule has 0 spiro atoms. The molecule has 0 rings (SSSR count). The van der Waals surface area contributed by atoms with Crippen molar-refractivity contribution in [2.75, 3.05) is 20.2 Å². The molecule has 0 aromatic carbocycles. The molecule has 0 saturated heterocycles. The summed E-state index contributed by atoms with van der Waals surface area (Å²) in [5.41, 5.74) is 4.70. The molecule has 0 bridgehead atoms. The Labute approximate surface area is 153 Å². The molecule has 25 heavy (non-hydrogen) atoms. The first-order valence-electron chi connectivity index (χ1n) is 9.25. The minimum atomic E-state index is -0.499. The number of carbonyl (C=O) groups excluding carboxylic acids is 2. The van der Waals surface area contributed by atoms with Gasteiger partial charge in [-0.25, -0.2) is 5.43 Å². The normalized spacial score (nSPS) is 13.6. The molecule has 6 heteroatoms. The van der Waals surface area contributed by atoms with E-state index in [9.17, 15) is 9.59 Å². The van der Waals surface area contributed by atoms with Gasteiger partial charge >= 0.3 is 0 Å².